The Morgan fingerprint density at radius 2 is 2.06 bits per heavy atom. The minimum absolute atomic E-state index is 0.0993. The molecule has 2 aliphatic rings. The topological polar surface area (TPSA) is 55.6 Å². The van der Waals surface area contributed by atoms with Crippen molar-refractivity contribution < 1.29 is 9.53 Å². The summed E-state index contributed by atoms with van der Waals surface area (Å²) in [4.78, 5) is 13.9. The summed E-state index contributed by atoms with van der Waals surface area (Å²) >= 11 is 0. The second-order valence-electron chi connectivity index (χ2n) is 5.98. The van der Waals surface area contributed by atoms with Gasteiger partial charge in [0.05, 0.1) is 11.6 Å². The van der Waals surface area contributed by atoms with Gasteiger partial charge in [0.15, 0.2) is 0 Å². The zero-order valence-corrected chi connectivity index (χ0v) is 11.7. The maximum atomic E-state index is 12.0. The van der Waals surface area contributed by atoms with Crippen molar-refractivity contribution in [3.8, 4) is 0 Å². The van der Waals surface area contributed by atoms with Crippen molar-refractivity contribution in [3.05, 3.63) is 0 Å². The van der Waals surface area contributed by atoms with Crippen molar-refractivity contribution >= 4 is 5.91 Å². The van der Waals surface area contributed by atoms with E-state index in [2.05, 4.69) is 6.92 Å². The number of carbonyl (C=O) groups is 1. The fraction of sp³-hybridized carbons (Fsp3) is 0.929. The van der Waals surface area contributed by atoms with Crippen LogP contribution >= 0.6 is 0 Å². The van der Waals surface area contributed by atoms with Crippen molar-refractivity contribution in [1.29, 1.82) is 0 Å². The highest BCUT2D eigenvalue weighted by Crippen LogP contribution is 2.34. The molecule has 18 heavy (non-hydrogen) atoms. The minimum Gasteiger partial charge on any atom is -0.378 e. The number of hydrogen-bond donors (Lipinski definition) is 1. The van der Waals surface area contributed by atoms with E-state index < -0.39 is 0 Å². The van der Waals surface area contributed by atoms with Crippen molar-refractivity contribution in [2.75, 3.05) is 19.7 Å². The summed E-state index contributed by atoms with van der Waals surface area (Å²) in [7, 11) is 0. The van der Waals surface area contributed by atoms with Gasteiger partial charge in [-0.25, -0.2) is 0 Å². The number of hydrogen-bond acceptors (Lipinski definition) is 3. The van der Waals surface area contributed by atoms with Crippen LogP contribution in [0.5, 0.6) is 0 Å². The fourth-order valence-electron chi connectivity index (χ4n) is 3.14. The zero-order chi connectivity index (χ0) is 13.2. The quantitative estimate of drug-likeness (QED) is 0.782. The summed E-state index contributed by atoms with van der Waals surface area (Å²) in [6.45, 7) is 6.45. The van der Waals surface area contributed by atoms with Gasteiger partial charge in [-0.15, -0.1) is 0 Å². The van der Waals surface area contributed by atoms with Crippen molar-refractivity contribution in [2.45, 2.75) is 57.6 Å². The molecular formula is C14H26N2O2. The minimum atomic E-state index is -0.0993. The molecule has 0 atom stereocenters. The van der Waals surface area contributed by atoms with E-state index in [0.29, 0.717) is 18.4 Å². The van der Waals surface area contributed by atoms with Gasteiger partial charge in [0.1, 0.15) is 0 Å². The van der Waals surface area contributed by atoms with Gasteiger partial charge in [-0.1, -0.05) is 13.3 Å². The molecular weight excluding hydrogens is 228 g/mol. The van der Waals surface area contributed by atoms with Gasteiger partial charge in [-0.05, 0) is 32.1 Å². The molecule has 1 amide bonds. The maximum absolute atomic E-state index is 12.0. The van der Waals surface area contributed by atoms with E-state index in [1.165, 1.54) is 0 Å². The summed E-state index contributed by atoms with van der Waals surface area (Å²) in [6.07, 6.45) is 5.31. The highest BCUT2D eigenvalue weighted by molar-refractivity contribution is 5.77. The average molecular weight is 254 g/mol. The molecule has 2 rings (SSSR count). The first kappa shape index (κ1) is 13.8. The van der Waals surface area contributed by atoms with Gasteiger partial charge in [0.25, 0.3) is 0 Å². The van der Waals surface area contributed by atoms with Gasteiger partial charge in [-0.3, -0.25) is 4.79 Å². The van der Waals surface area contributed by atoms with Crippen LogP contribution in [0, 0.1) is 5.92 Å². The van der Waals surface area contributed by atoms with Crippen LogP contribution in [0.2, 0.25) is 0 Å². The third-order valence-corrected chi connectivity index (χ3v) is 4.17. The van der Waals surface area contributed by atoms with Gasteiger partial charge in [0.2, 0.25) is 5.91 Å². The fourth-order valence-corrected chi connectivity index (χ4v) is 3.14. The van der Waals surface area contributed by atoms with Crippen molar-refractivity contribution in [1.82, 2.24) is 4.90 Å². The lowest BCUT2D eigenvalue weighted by Crippen LogP contribution is -2.68. The molecule has 0 unspecified atom stereocenters. The number of carbonyl (C=O) groups excluding carboxylic acids is 1. The SMILES string of the molecule is CCCC1(N)CN(C(=O)CC2CC(OCC)C2)C1. The molecule has 1 saturated heterocycles. The Morgan fingerprint density at radius 1 is 1.39 bits per heavy atom. The summed E-state index contributed by atoms with van der Waals surface area (Å²) in [5, 5.41) is 0. The van der Waals surface area contributed by atoms with Gasteiger partial charge in [0, 0.05) is 26.1 Å². The normalized spacial score (nSPS) is 29.6. The smallest absolute Gasteiger partial charge is 0.222 e. The van der Waals surface area contributed by atoms with E-state index >= 15 is 0 Å². The third kappa shape index (κ3) is 3.04. The van der Waals surface area contributed by atoms with E-state index in [1.807, 2.05) is 11.8 Å². The average Bonchev–Trinajstić information content (AvgIpc) is 2.23. The molecule has 4 nitrogen and oxygen atoms in total. The van der Waals surface area contributed by atoms with E-state index in [-0.39, 0.29) is 11.4 Å². The van der Waals surface area contributed by atoms with Crippen LogP contribution in [0.3, 0.4) is 0 Å². The van der Waals surface area contributed by atoms with Crippen LogP contribution in [0.25, 0.3) is 0 Å². The maximum Gasteiger partial charge on any atom is 0.222 e. The lowest BCUT2D eigenvalue weighted by molar-refractivity contribution is -0.142. The predicted molar refractivity (Wildman–Crippen MR) is 71.2 cm³/mol. The molecule has 1 heterocycles. The summed E-state index contributed by atoms with van der Waals surface area (Å²) in [5.41, 5.74) is 6.07. The summed E-state index contributed by atoms with van der Waals surface area (Å²) in [5.74, 6) is 0.820. The van der Waals surface area contributed by atoms with Gasteiger partial charge >= 0.3 is 0 Å². The number of amides is 1. The molecule has 0 radical (unpaired) electrons. The van der Waals surface area contributed by atoms with Crippen LogP contribution < -0.4 is 5.73 Å². The number of ether oxygens (including phenoxy) is 1. The van der Waals surface area contributed by atoms with Gasteiger partial charge < -0.3 is 15.4 Å². The lowest BCUT2D eigenvalue weighted by Gasteiger charge is -2.48. The van der Waals surface area contributed by atoms with Crippen molar-refractivity contribution in [2.24, 2.45) is 11.7 Å². The molecule has 104 valence electrons. The molecule has 2 fully saturated rings. The Bertz CT molecular complexity index is 294. The van der Waals surface area contributed by atoms with Crippen LogP contribution in [0.15, 0.2) is 0 Å². The lowest BCUT2D eigenvalue weighted by atomic mass is 9.78. The Labute approximate surface area is 110 Å². The number of nitrogens with zero attached hydrogens (tertiary/aromatic N) is 1. The van der Waals surface area contributed by atoms with E-state index in [4.69, 9.17) is 10.5 Å². The number of rotatable bonds is 6. The second kappa shape index (κ2) is 5.57. The molecule has 2 N–H and O–H groups in total. The monoisotopic (exact) mass is 254 g/mol. The van der Waals surface area contributed by atoms with Gasteiger partial charge in [-0.2, -0.15) is 0 Å². The van der Waals surface area contributed by atoms with E-state index in [0.717, 1.165) is 45.4 Å². The molecule has 0 aromatic heterocycles. The Morgan fingerprint density at radius 3 is 2.61 bits per heavy atom. The summed E-state index contributed by atoms with van der Waals surface area (Å²) < 4.78 is 5.51. The first-order valence-electron chi connectivity index (χ1n) is 7.24. The molecule has 1 aliphatic heterocycles. The molecule has 0 bridgehead atoms. The Balaban J connectivity index is 1.63. The van der Waals surface area contributed by atoms with Crippen LogP contribution in [-0.4, -0.2) is 42.1 Å². The Kier molecular flexibility index (Phi) is 4.28. The van der Waals surface area contributed by atoms with Crippen LogP contribution in [0.4, 0.5) is 0 Å². The first-order valence-corrected chi connectivity index (χ1v) is 7.24. The molecule has 4 heteroatoms. The predicted octanol–water partition coefficient (Wildman–Crippen LogP) is 1.53. The molecule has 0 spiro atoms. The first-order chi connectivity index (χ1) is 8.56. The molecule has 0 aromatic carbocycles. The van der Waals surface area contributed by atoms with E-state index in [1.54, 1.807) is 0 Å². The molecule has 1 saturated carbocycles. The largest absolute Gasteiger partial charge is 0.378 e. The van der Waals surface area contributed by atoms with Crippen LogP contribution in [-0.2, 0) is 9.53 Å². The van der Waals surface area contributed by atoms with E-state index in [9.17, 15) is 4.79 Å². The number of nitrogens with two attached hydrogens (primary N) is 1. The highest BCUT2D eigenvalue weighted by atomic mass is 16.5. The van der Waals surface area contributed by atoms with Crippen LogP contribution in [0.1, 0.15) is 46.0 Å². The zero-order valence-electron chi connectivity index (χ0n) is 11.7. The summed E-state index contributed by atoms with van der Waals surface area (Å²) in [6, 6.07) is 0. The molecule has 0 aromatic rings. The standard InChI is InChI=1S/C14H26N2O2/c1-3-5-14(15)9-16(10-14)13(17)8-11-6-12(7-11)18-4-2/h11-12H,3-10,15H2,1-2H3. The van der Waals surface area contributed by atoms with Crippen molar-refractivity contribution in [3.63, 3.8) is 0 Å². The second-order valence-corrected chi connectivity index (χ2v) is 5.98. The third-order valence-electron chi connectivity index (χ3n) is 4.17. The number of likely N-dealkylation sites (tertiary alicyclic amines) is 1. The highest BCUT2D eigenvalue weighted by Gasteiger charge is 2.42. The molecule has 1 aliphatic carbocycles. The Hall–Kier alpha value is -0.610.